The first-order valence-corrected chi connectivity index (χ1v) is 3.79. The van der Waals surface area contributed by atoms with Crippen LogP contribution >= 0.6 is 11.3 Å². The van der Waals surface area contributed by atoms with Gasteiger partial charge in [0, 0.05) is 0 Å². The van der Waals surface area contributed by atoms with Gasteiger partial charge in [0.1, 0.15) is 0 Å². The van der Waals surface area contributed by atoms with E-state index in [4.69, 9.17) is 5.73 Å². The molecule has 0 aliphatic carbocycles. The first-order valence-electron chi connectivity index (χ1n) is 2.97. The molecule has 1 aromatic carbocycles. The Kier molecular flexibility index (Phi) is 18.2. The topological polar surface area (TPSA) is 68.9 Å². The first-order chi connectivity index (χ1) is 4.86. The second kappa shape index (κ2) is 11.1. The molecular weight excluding hydrogens is 388 g/mol. The first kappa shape index (κ1) is 24.7. The SMILES string of the molecule is Nc1nc2ccccc2s1.[Cl-].[Cl-].[Cl-].[H+].[OH-].[Sb+3]. The fourth-order valence-corrected chi connectivity index (χ4v) is 1.62. The minimum Gasteiger partial charge on any atom is -1.00 e. The van der Waals surface area contributed by atoms with Crippen LogP contribution < -0.4 is 43.0 Å². The molecule has 0 saturated carbocycles. The number of anilines is 1. The van der Waals surface area contributed by atoms with Gasteiger partial charge in [0.25, 0.3) is 0 Å². The molecule has 2 radical (unpaired) electrons. The quantitative estimate of drug-likeness (QED) is 0.450. The summed E-state index contributed by atoms with van der Waals surface area (Å²) in [5.41, 5.74) is 6.49. The Hall–Kier alpha value is 0.558. The second-order valence-electron chi connectivity index (χ2n) is 2.02. The van der Waals surface area contributed by atoms with Gasteiger partial charge in [0.05, 0.1) is 10.2 Å². The molecule has 0 aliphatic heterocycles. The summed E-state index contributed by atoms with van der Waals surface area (Å²) >= 11 is 1.52. The van der Waals surface area contributed by atoms with Crippen LogP contribution in [0.1, 0.15) is 1.43 Å². The van der Waals surface area contributed by atoms with E-state index < -0.39 is 0 Å². The van der Waals surface area contributed by atoms with Crippen molar-refractivity contribution in [2.24, 2.45) is 0 Å². The minimum absolute atomic E-state index is 0. The van der Waals surface area contributed by atoms with Crippen molar-refractivity contribution in [2.75, 3.05) is 5.73 Å². The number of benzene rings is 1. The molecule has 84 valence electrons. The molecule has 0 amide bonds. The summed E-state index contributed by atoms with van der Waals surface area (Å²) < 4.78 is 1.15. The van der Waals surface area contributed by atoms with E-state index in [2.05, 4.69) is 4.98 Å². The molecule has 0 fully saturated rings. The zero-order valence-electron chi connectivity index (χ0n) is 8.27. The fraction of sp³-hybridized carbons (Fsp3) is 0. The van der Waals surface area contributed by atoms with Crippen molar-refractivity contribution in [1.29, 1.82) is 0 Å². The number of para-hydroxylation sites is 1. The number of thiazole rings is 1. The van der Waals surface area contributed by atoms with Crippen LogP contribution in [0.2, 0.25) is 0 Å². The Labute approximate surface area is 129 Å². The molecular formula is C7H8Cl3N2OSSb. The van der Waals surface area contributed by atoms with E-state index in [1.54, 1.807) is 0 Å². The molecule has 0 atom stereocenters. The molecule has 15 heavy (non-hydrogen) atoms. The van der Waals surface area contributed by atoms with Gasteiger partial charge in [-0.1, -0.05) is 23.5 Å². The predicted octanol–water partition coefficient (Wildman–Crippen LogP) is -7.55. The number of hydrogen-bond donors (Lipinski definition) is 1. The standard InChI is InChI=1S/C7H6N2S.3ClH.H2O.Sb/c8-7-9-5-3-1-2-4-6(5)10-7;;;;;/h1-4H,(H2,8,9);3*1H;1H2;/q;;;;;+3/p-3. The third-order valence-corrected chi connectivity index (χ3v) is 2.18. The van der Waals surface area contributed by atoms with E-state index in [-0.39, 0.29) is 68.6 Å². The van der Waals surface area contributed by atoms with Gasteiger partial charge in [0.15, 0.2) is 5.13 Å². The van der Waals surface area contributed by atoms with E-state index in [0.717, 1.165) is 10.2 Å². The molecule has 2 rings (SSSR count). The van der Waals surface area contributed by atoms with Gasteiger partial charge in [-0.25, -0.2) is 4.98 Å². The number of aromatic nitrogens is 1. The Morgan fingerprint density at radius 2 is 1.67 bits per heavy atom. The van der Waals surface area contributed by atoms with Crippen molar-refractivity contribution in [3.63, 3.8) is 0 Å². The van der Waals surface area contributed by atoms with Gasteiger partial charge in [-0.3, -0.25) is 0 Å². The van der Waals surface area contributed by atoms with E-state index in [1.807, 2.05) is 24.3 Å². The van der Waals surface area contributed by atoms with E-state index >= 15 is 0 Å². The van der Waals surface area contributed by atoms with Crippen molar-refractivity contribution < 1.29 is 44.1 Å². The van der Waals surface area contributed by atoms with Gasteiger partial charge in [-0.05, 0) is 12.1 Å². The van der Waals surface area contributed by atoms with E-state index in [0.29, 0.717) is 5.13 Å². The largest absolute Gasteiger partial charge is 3.00 e. The van der Waals surface area contributed by atoms with Crippen molar-refractivity contribution in [2.45, 2.75) is 0 Å². The minimum atomic E-state index is 0. The number of nitrogen functional groups attached to an aromatic ring is 1. The van der Waals surface area contributed by atoms with Crippen LogP contribution in [0, 0.1) is 0 Å². The molecule has 0 saturated heterocycles. The number of hydrogen-bond acceptors (Lipinski definition) is 4. The molecule has 3 nitrogen and oxygen atoms in total. The van der Waals surface area contributed by atoms with Crippen molar-refractivity contribution in [3.8, 4) is 0 Å². The zero-order valence-corrected chi connectivity index (χ0v) is 12.9. The molecule has 0 unspecified atom stereocenters. The Morgan fingerprint density at radius 3 is 2.20 bits per heavy atom. The van der Waals surface area contributed by atoms with E-state index in [1.165, 1.54) is 11.3 Å². The van der Waals surface area contributed by atoms with Gasteiger partial charge >= 0.3 is 25.9 Å². The maximum absolute atomic E-state index is 5.50. The maximum Gasteiger partial charge on any atom is 3.00 e. The number of halogens is 3. The van der Waals surface area contributed by atoms with Crippen LogP contribution in [0.25, 0.3) is 10.2 Å². The summed E-state index contributed by atoms with van der Waals surface area (Å²) in [6.45, 7) is 0. The summed E-state index contributed by atoms with van der Waals surface area (Å²) in [7, 11) is 0. The summed E-state index contributed by atoms with van der Waals surface area (Å²) in [5.74, 6) is 0. The molecule has 3 N–H and O–H groups in total. The van der Waals surface area contributed by atoms with E-state index in [9.17, 15) is 0 Å². The van der Waals surface area contributed by atoms with Crippen molar-refractivity contribution in [1.82, 2.24) is 4.98 Å². The van der Waals surface area contributed by atoms with Gasteiger partial charge in [0.2, 0.25) is 0 Å². The molecule has 0 bridgehead atoms. The molecule has 1 aromatic heterocycles. The monoisotopic (exact) mass is 394 g/mol. The number of fused-ring (bicyclic) bond motifs is 1. The molecule has 8 heteroatoms. The van der Waals surface area contributed by atoms with Gasteiger partial charge < -0.3 is 48.4 Å². The van der Waals surface area contributed by atoms with Crippen molar-refractivity contribution >= 4 is 51.1 Å². The van der Waals surface area contributed by atoms with Crippen LogP contribution in [0.15, 0.2) is 24.3 Å². The van der Waals surface area contributed by atoms with Gasteiger partial charge in [-0.15, -0.1) is 0 Å². The maximum atomic E-state index is 5.50. The third-order valence-electron chi connectivity index (χ3n) is 1.31. The third kappa shape index (κ3) is 6.00. The summed E-state index contributed by atoms with van der Waals surface area (Å²) in [5, 5.41) is 0.640. The fourth-order valence-electron chi connectivity index (χ4n) is 0.890. The summed E-state index contributed by atoms with van der Waals surface area (Å²) in [4.78, 5) is 4.11. The zero-order chi connectivity index (χ0) is 6.97. The van der Waals surface area contributed by atoms with Gasteiger partial charge in [-0.2, -0.15) is 0 Å². The van der Waals surface area contributed by atoms with Crippen LogP contribution in [0.3, 0.4) is 0 Å². The Morgan fingerprint density at radius 1 is 1.13 bits per heavy atom. The molecule has 1 heterocycles. The average Bonchev–Trinajstić information content (AvgIpc) is 2.27. The number of nitrogens with two attached hydrogens (primary N) is 1. The van der Waals surface area contributed by atoms with Crippen LogP contribution in [0.5, 0.6) is 0 Å². The predicted molar refractivity (Wildman–Crippen MR) is 52.8 cm³/mol. The second-order valence-corrected chi connectivity index (χ2v) is 3.08. The summed E-state index contributed by atoms with van der Waals surface area (Å²) in [6.07, 6.45) is 0. The molecule has 0 aliphatic rings. The van der Waals surface area contributed by atoms with Crippen LogP contribution in [-0.4, -0.2) is 34.9 Å². The number of rotatable bonds is 0. The molecule has 2 aromatic rings. The van der Waals surface area contributed by atoms with Crippen molar-refractivity contribution in [3.05, 3.63) is 24.3 Å². The Balaban J connectivity index is -0.0000000672. The van der Waals surface area contributed by atoms with Crippen LogP contribution in [-0.2, 0) is 0 Å². The van der Waals surface area contributed by atoms with Crippen LogP contribution in [0.4, 0.5) is 5.13 Å². The normalized spacial score (nSPS) is 6.93. The number of nitrogens with zero attached hydrogens (tertiary/aromatic N) is 1. The summed E-state index contributed by atoms with van der Waals surface area (Å²) in [6, 6.07) is 7.92. The smallest absolute Gasteiger partial charge is 1.00 e. The average molecular weight is 396 g/mol. The molecule has 0 spiro atoms. The Bertz CT molecular complexity index is 346.